The van der Waals surface area contributed by atoms with Crippen LogP contribution in [0.2, 0.25) is 0 Å². The van der Waals surface area contributed by atoms with Gasteiger partial charge in [-0.15, -0.1) is 0 Å². The third kappa shape index (κ3) is 3.45. The van der Waals surface area contributed by atoms with Gasteiger partial charge >= 0.3 is 0 Å². The Morgan fingerprint density at radius 3 is 2.42 bits per heavy atom. The molecule has 2 N–H and O–H groups in total. The number of para-hydroxylation sites is 1. The summed E-state index contributed by atoms with van der Waals surface area (Å²) in [4.78, 5) is 31.4. The number of amides is 2. The van der Waals surface area contributed by atoms with Crippen LogP contribution in [0.5, 0.6) is 0 Å². The number of likely N-dealkylation sites (N-methyl/N-ethyl adjacent to an activating group) is 1. The van der Waals surface area contributed by atoms with Crippen LogP contribution in [0.4, 0.5) is 4.39 Å². The molecule has 5 rings (SSSR count). The molecule has 6 nitrogen and oxygen atoms in total. The number of H-pyrrole nitrogens is 1. The fourth-order valence-electron chi connectivity index (χ4n) is 4.72. The maximum atomic E-state index is 15.1. The molecule has 0 atom stereocenters. The van der Waals surface area contributed by atoms with E-state index in [2.05, 4.69) is 29.0 Å². The van der Waals surface area contributed by atoms with Crippen LogP contribution in [-0.2, 0) is 16.1 Å². The van der Waals surface area contributed by atoms with Crippen molar-refractivity contribution in [3.63, 3.8) is 0 Å². The summed E-state index contributed by atoms with van der Waals surface area (Å²) in [7, 11) is 0. The Labute approximate surface area is 190 Å². The van der Waals surface area contributed by atoms with Gasteiger partial charge in [0.05, 0.1) is 16.7 Å². The van der Waals surface area contributed by atoms with Gasteiger partial charge in [-0.3, -0.25) is 14.9 Å². The molecule has 1 aliphatic heterocycles. The van der Waals surface area contributed by atoms with Crippen molar-refractivity contribution in [2.45, 2.75) is 20.4 Å². The van der Waals surface area contributed by atoms with Crippen LogP contribution in [0.1, 0.15) is 25.0 Å². The number of carbonyl (C=O) groups is 2. The summed E-state index contributed by atoms with van der Waals surface area (Å²) in [6, 6.07) is 12.5. The molecule has 0 bridgehead atoms. The van der Waals surface area contributed by atoms with Gasteiger partial charge in [-0.25, -0.2) is 4.39 Å². The Hall–Kier alpha value is -3.71. The van der Waals surface area contributed by atoms with Gasteiger partial charge in [0.2, 0.25) is 0 Å². The zero-order chi connectivity index (χ0) is 23.1. The first kappa shape index (κ1) is 21.2. The molecule has 33 heavy (non-hydrogen) atoms. The van der Waals surface area contributed by atoms with Gasteiger partial charge in [-0.1, -0.05) is 38.1 Å². The van der Waals surface area contributed by atoms with E-state index in [-0.39, 0.29) is 11.1 Å². The van der Waals surface area contributed by atoms with E-state index in [9.17, 15) is 9.59 Å². The van der Waals surface area contributed by atoms with Gasteiger partial charge in [0.1, 0.15) is 5.82 Å². The summed E-state index contributed by atoms with van der Waals surface area (Å²) in [6.45, 7) is 7.50. The number of nitrogens with zero attached hydrogens (tertiary/aromatic N) is 2. The summed E-state index contributed by atoms with van der Waals surface area (Å²) >= 11 is 0. The first-order valence-corrected chi connectivity index (χ1v) is 11.2. The molecule has 0 radical (unpaired) electrons. The number of rotatable bonds is 7. The molecule has 4 aromatic rings. The Morgan fingerprint density at radius 2 is 1.67 bits per heavy atom. The molecule has 0 saturated heterocycles. The normalized spacial score (nSPS) is 14.3. The minimum absolute atomic E-state index is 0.210. The molecule has 0 aliphatic carbocycles. The van der Waals surface area contributed by atoms with Crippen molar-refractivity contribution in [1.29, 1.82) is 0 Å². The molecular weight excluding hydrogens is 419 g/mol. The fraction of sp³-hybridized carbons (Fsp3) is 0.231. The molecule has 0 saturated carbocycles. The average molecular weight is 445 g/mol. The van der Waals surface area contributed by atoms with E-state index >= 15 is 4.39 Å². The standard InChI is InChI=1S/C26H25FN4O2/c1-3-30(4-2)12-13-31-15-18(22-19(27)9-7-11-21(22)31)24-23(25(32)29-26(24)33)17-14-28-20-10-6-5-8-16(17)20/h5-11,14-15,28H,3-4,12-13H2,1-2H3,(H,29,32,33). The summed E-state index contributed by atoms with van der Waals surface area (Å²) < 4.78 is 17.1. The second-order valence-corrected chi connectivity index (χ2v) is 8.18. The number of hydrogen-bond donors (Lipinski definition) is 2. The molecule has 168 valence electrons. The van der Waals surface area contributed by atoms with Gasteiger partial charge in [0, 0.05) is 52.9 Å². The monoisotopic (exact) mass is 444 g/mol. The van der Waals surface area contributed by atoms with Gasteiger partial charge < -0.3 is 14.5 Å². The maximum Gasteiger partial charge on any atom is 0.259 e. The number of benzene rings is 2. The first-order valence-electron chi connectivity index (χ1n) is 11.2. The molecule has 1 aliphatic rings. The second-order valence-electron chi connectivity index (χ2n) is 8.18. The third-order valence-electron chi connectivity index (χ3n) is 6.47. The number of nitrogens with one attached hydrogen (secondary N) is 2. The highest BCUT2D eigenvalue weighted by atomic mass is 19.1. The Balaban J connectivity index is 1.73. The zero-order valence-corrected chi connectivity index (χ0v) is 18.6. The number of fused-ring (bicyclic) bond motifs is 2. The Morgan fingerprint density at radius 1 is 0.939 bits per heavy atom. The third-order valence-corrected chi connectivity index (χ3v) is 6.47. The van der Waals surface area contributed by atoms with E-state index in [0.717, 1.165) is 30.5 Å². The van der Waals surface area contributed by atoms with Gasteiger partial charge in [-0.2, -0.15) is 0 Å². The van der Waals surface area contributed by atoms with E-state index in [1.165, 1.54) is 6.07 Å². The van der Waals surface area contributed by atoms with Crippen LogP contribution in [0.15, 0.2) is 54.9 Å². The topological polar surface area (TPSA) is 70.1 Å². The summed E-state index contributed by atoms with van der Waals surface area (Å²) in [6.07, 6.45) is 3.54. The van der Waals surface area contributed by atoms with Crippen LogP contribution in [0, 0.1) is 5.82 Å². The molecule has 0 fully saturated rings. The number of halogens is 1. The molecule has 0 unspecified atom stereocenters. The summed E-state index contributed by atoms with van der Waals surface area (Å²) in [5.74, 6) is -1.39. The van der Waals surface area contributed by atoms with Crippen LogP contribution in [0.25, 0.3) is 33.0 Å². The predicted octanol–water partition coefficient (Wildman–Crippen LogP) is 4.17. The number of imide groups is 1. The smallest absolute Gasteiger partial charge is 0.259 e. The molecule has 2 aromatic heterocycles. The highest BCUT2D eigenvalue weighted by Gasteiger charge is 2.35. The summed E-state index contributed by atoms with van der Waals surface area (Å²) in [5.41, 5.74) is 3.11. The van der Waals surface area contributed by atoms with E-state index in [0.29, 0.717) is 28.6 Å². The van der Waals surface area contributed by atoms with Crippen molar-refractivity contribution < 1.29 is 14.0 Å². The molecular formula is C26H25FN4O2. The van der Waals surface area contributed by atoms with E-state index in [1.54, 1.807) is 18.5 Å². The Kier molecular flexibility index (Phi) is 5.34. The van der Waals surface area contributed by atoms with Gasteiger partial charge in [0.15, 0.2) is 0 Å². The lowest BCUT2D eigenvalue weighted by Gasteiger charge is -2.18. The SMILES string of the molecule is CCN(CC)CCn1cc(C2=C(c3c[nH]c4ccccc34)C(=O)NC2=O)c2c(F)cccc21. The zero-order valence-electron chi connectivity index (χ0n) is 18.6. The van der Waals surface area contributed by atoms with Crippen LogP contribution in [0.3, 0.4) is 0 Å². The van der Waals surface area contributed by atoms with Crippen molar-refractivity contribution in [3.05, 3.63) is 71.8 Å². The van der Waals surface area contributed by atoms with E-state index < -0.39 is 17.6 Å². The highest BCUT2D eigenvalue weighted by molar-refractivity contribution is 6.50. The van der Waals surface area contributed by atoms with Crippen molar-refractivity contribution in [1.82, 2.24) is 19.8 Å². The van der Waals surface area contributed by atoms with E-state index in [4.69, 9.17) is 0 Å². The van der Waals surface area contributed by atoms with Gasteiger partial charge in [-0.05, 0) is 31.3 Å². The lowest BCUT2D eigenvalue weighted by molar-refractivity contribution is -0.122. The number of aromatic nitrogens is 2. The van der Waals surface area contributed by atoms with Crippen LogP contribution in [-0.4, -0.2) is 45.9 Å². The second kappa shape index (κ2) is 8.33. The maximum absolute atomic E-state index is 15.1. The molecule has 2 amide bonds. The minimum Gasteiger partial charge on any atom is -0.361 e. The van der Waals surface area contributed by atoms with Crippen molar-refractivity contribution in [3.8, 4) is 0 Å². The molecule has 2 aromatic carbocycles. The predicted molar refractivity (Wildman–Crippen MR) is 128 cm³/mol. The quantitative estimate of drug-likeness (QED) is 0.421. The molecule has 7 heteroatoms. The van der Waals surface area contributed by atoms with Crippen LogP contribution >= 0.6 is 0 Å². The fourth-order valence-corrected chi connectivity index (χ4v) is 4.72. The lowest BCUT2D eigenvalue weighted by atomic mass is 9.95. The molecule has 0 spiro atoms. The summed E-state index contributed by atoms with van der Waals surface area (Å²) in [5, 5.41) is 3.61. The first-order chi connectivity index (χ1) is 16.0. The van der Waals surface area contributed by atoms with Crippen LogP contribution < -0.4 is 5.32 Å². The Bertz CT molecular complexity index is 1420. The minimum atomic E-state index is -0.508. The average Bonchev–Trinajstić information content (AvgIpc) is 3.48. The number of carbonyl (C=O) groups excluding carboxylic acids is 2. The lowest BCUT2D eigenvalue weighted by Crippen LogP contribution is -2.26. The van der Waals surface area contributed by atoms with Crippen molar-refractivity contribution in [2.24, 2.45) is 0 Å². The van der Waals surface area contributed by atoms with Gasteiger partial charge in [0.25, 0.3) is 11.8 Å². The molecule has 3 heterocycles. The van der Waals surface area contributed by atoms with E-state index in [1.807, 2.05) is 34.9 Å². The highest BCUT2D eigenvalue weighted by Crippen LogP contribution is 2.39. The van der Waals surface area contributed by atoms with Crippen molar-refractivity contribution >= 4 is 44.8 Å². The largest absolute Gasteiger partial charge is 0.361 e. The number of hydrogen-bond acceptors (Lipinski definition) is 3. The number of aromatic amines is 1. The van der Waals surface area contributed by atoms with Crippen molar-refractivity contribution in [2.75, 3.05) is 19.6 Å².